The smallest absolute Gasteiger partial charge is 0.157 e. The molecule has 0 aliphatic carbocycles. The summed E-state index contributed by atoms with van der Waals surface area (Å²) in [4.78, 5) is 15.1. The van der Waals surface area contributed by atoms with Gasteiger partial charge in [-0.2, -0.15) is 0 Å². The highest BCUT2D eigenvalue weighted by atomic mass is 35.5. The van der Waals surface area contributed by atoms with Gasteiger partial charge in [-0.25, -0.2) is 4.39 Å². The molecule has 1 fully saturated rings. The van der Waals surface area contributed by atoms with Gasteiger partial charge in [0.05, 0.1) is 10.6 Å². The van der Waals surface area contributed by atoms with Gasteiger partial charge in [0.15, 0.2) is 5.78 Å². The quantitative estimate of drug-likeness (QED) is 0.810. The van der Waals surface area contributed by atoms with Gasteiger partial charge in [-0.3, -0.25) is 9.69 Å². The van der Waals surface area contributed by atoms with Crippen molar-refractivity contribution >= 4 is 17.4 Å². The van der Waals surface area contributed by atoms with Crippen molar-refractivity contribution in [3.8, 4) is 0 Å². The molecule has 0 N–H and O–H groups in total. The Morgan fingerprint density at radius 1 is 1.33 bits per heavy atom. The van der Waals surface area contributed by atoms with Crippen LogP contribution in [-0.4, -0.2) is 29.3 Å². The number of likely N-dealkylation sites (tertiary alicyclic amines) is 1. The molecule has 1 aliphatic heterocycles. The minimum Gasteiger partial charge on any atom is -0.297 e. The lowest BCUT2D eigenvalue weighted by atomic mass is 9.86. The second-order valence-electron chi connectivity index (χ2n) is 6.02. The second-order valence-corrected chi connectivity index (χ2v) is 6.43. The average Bonchev–Trinajstić information content (AvgIpc) is 2.51. The van der Waals surface area contributed by atoms with Gasteiger partial charge in [0.2, 0.25) is 0 Å². The highest BCUT2D eigenvalue weighted by molar-refractivity contribution is 6.30. The Labute approximate surface area is 131 Å². The third-order valence-electron chi connectivity index (χ3n) is 4.69. The molecule has 1 aliphatic rings. The van der Waals surface area contributed by atoms with E-state index in [1.165, 1.54) is 18.6 Å². The molecule has 1 unspecified atom stereocenters. The molecule has 2 rings (SSSR count). The number of hydrogen-bond donors (Lipinski definition) is 0. The van der Waals surface area contributed by atoms with Crippen LogP contribution in [0.4, 0.5) is 4.39 Å². The summed E-state index contributed by atoms with van der Waals surface area (Å²) in [5, 5.41) is 0.0977. The van der Waals surface area contributed by atoms with Gasteiger partial charge in [-0.1, -0.05) is 31.0 Å². The van der Waals surface area contributed by atoms with Crippen molar-refractivity contribution < 1.29 is 9.18 Å². The summed E-state index contributed by atoms with van der Waals surface area (Å²) < 4.78 is 13.5. The molecule has 4 heteroatoms. The predicted molar refractivity (Wildman–Crippen MR) is 84.2 cm³/mol. The Hall–Kier alpha value is -0.930. The summed E-state index contributed by atoms with van der Waals surface area (Å²) in [6, 6.07) is 4.62. The van der Waals surface area contributed by atoms with Crippen LogP contribution >= 0.6 is 11.6 Å². The normalized spacial score (nSPS) is 19.2. The van der Waals surface area contributed by atoms with Crippen molar-refractivity contribution in [2.24, 2.45) is 0 Å². The van der Waals surface area contributed by atoms with E-state index in [0.717, 1.165) is 32.4 Å². The van der Waals surface area contributed by atoms with Crippen LogP contribution in [0.25, 0.3) is 0 Å². The first kappa shape index (κ1) is 16.4. The molecule has 21 heavy (non-hydrogen) atoms. The first-order valence-corrected chi connectivity index (χ1v) is 8.07. The summed E-state index contributed by atoms with van der Waals surface area (Å²) in [7, 11) is 0. The second kappa shape index (κ2) is 6.89. The molecule has 1 aromatic rings. The highest BCUT2D eigenvalue weighted by Gasteiger charge is 2.37. The number of ketones is 1. The van der Waals surface area contributed by atoms with Crippen LogP contribution < -0.4 is 0 Å². The molecule has 0 bridgehead atoms. The van der Waals surface area contributed by atoms with Gasteiger partial charge in [0, 0.05) is 6.42 Å². The minimum atomic E-state index is -0.460. The van der Waals surface area contributed by atoms with E-state index in [1.807, 2.05) is 6.92 Å². The van der Waals surface area contributed by atoms with Gasteiger partial charge in [0.1, 0.15) is 5.82 Å². The van der Waals surface area contributed by atoms with E-state index < -0.39 is 11.4 Å². The van der Waals surface area contributed by atoms with Crippen LogP contribution in [0.15, 0.2) is 18.2 Å². The Morgan fingerprint density at radius 2 is 2.00 bits per heavy atom. The van der Waals surface area contributed by atoms with Crippen LogP contribution in [0.5, 0.6) is 0 Å². The van der Waals surface area contributed by atoms with Gasteiger partial charge >= 0.3 is 0 Å². The number of nitrogens with zero attached hydrogens (tertiary/aromatic N) is 1. The Balaban J connectivity index is 2.13. The predicted octanol–water partition coefficient (Wildman–Crippen LogP) is 4.25. The van der Waals surface area contributed by atoms with Gasteiger partial charge in [0.25, 0.3) is 0 Å². The van der Waals surface area contributed by atoms with E-state index in [1.54, 1.807) is 6.07 Å². The number of rotatable bonds is 5. The van der Waals surface area contributed by atoms with E-state index >= 15 is 0 Å². The SMILES string of the molecule is CCC(C)(C(=O)Cc1ccc(Cl)c(F)c1)N1CCCCC1. The Morgan fingerprint density at radius 3 is 2.57 bits per heavy atom. The maximum atomic E-state index is 13.5. The molecule has 1 saturated heterocycles. The zero-order valence-electron chi connectivity index (χ0n) is 12.8. The standard InChI is InChI=1S/C17H23ClFNO/c1-3-17(2,20-9-5-4-6-10-20)16(21)12-13-7-8-14(18)15(19)11-13/h7-8,11H,3-6,9-10,12H2,1-2H3. The number of benzene rings is 1. The van der Waals surface area contributed by atoms with Crippen molar-refractivity contribution in [3.63, 3.8) is 0 Å². The zero-order valence-corrected chi connectivity index (χ0v) is 13.5. The zero-order chi connectivity index (χ0) is 15.5. The van der Waals surface area contributed by atoms with Crippen molar-refractivity contribution in [1.29, 1.82) is 0 Å². The molecule has 2 nitrogen and oxygen atoms in total. The molecular weight excluding hydrogens is 289 g/mol. The van der Waals surface area contributed by atoms with E-state index in [2.05, 4.69) is 11.8 Å². The maximum Gasteiger partial charge on any atom is 0.157 e. The number of carbonyl (C=O) groups excluding carboxylic acids is 1. The number of piperidine rings is 1. The van der Waals surface area contributed by atoms with Crippen molar-refractivity contribution in [3.05, 3.63) is 34.6 Å². The molecule has 1 heterocycles. The van der Waals surface area contributed by atoms with Crippen LogP contribution in [-0.2, 0) is 11.2 Å². The first-order chi connectivity index (χ1) is 9.97. The summed E-state index contributed by atoms with van der Waals surface area (Å²) in [5.41, 5.74) is 0.245. The van der Waals surface area contributed by atoms with Crippen LogP contribution in [0.3, 0.4) is 0 Å². The van der Waals surface area contributed by atoms with E-state index in [-0.39, 0.29) is 17.2 Å². The van der Waals surface area contributed by atoms with Gasteiger partial charge in [-0.05, 0) is 57.0 Å². The highest BCUT2D eigenvalue weighted by Crippen LogP contribution is 2.27. The summed E-state index contributed by atoms with van der Waals surface area (Å²) in [6.45, 7) is 6.03. The molecule has 1 aromatic carbocycles. The van der Waals surface area contributed by atoms with Gasteiger partial charge in [-0.15, -0.1) is 0 Å². The Kier molecular flexibility index (Phi) is 5.39. The summed E-state index contributed by atoms with van der Waals surface area (Å²) >= 11 is 5.69. The monoisotopic (exact) mass is 311 g/mol. The van der Waals surface area contributed by atoms with Gasteiger partial charge < -0.3 is 0 Å². The third kappa shape index (κ3) is 3.64. The first-order valence-electron chi connectivity index (χ1n) is 7.69. The van der Waals surface area contributed by atoms with Crippen LogP contribution in [0.2, 0.25) is 5.02 Å². The lowest BCUT2D eigenvalue weighted by Gasteiger charge is -2.42. The fourth-order valence-corrected chi connectivity index (χ4v) is 3.13. The molecule has 0 aromatic heterocycles. The minimum absolute atomic E-state index is 0.0977. The number of Topliss-reactive ketones (excluding diaryl/α,β-unsaturated/α-hetero) is 1. The van der Waals surface area contributed by atoms with E-state index in [4.69, 9.17) is 11.6 Å². The molecule has 116 valence electrons. The third-order valence-corrected chi connectivity index (χ3v) is 5.00. The van der Waals surface area contributed by atoms with Crippen molar-refractivity contribution in [2.45, 2.75) is 51.5 Å². The molecule has 0 amide bonds. The van der Waals surface area contributed by atoms with Crippen LogP contribution in [0, 0.1) is 5.82 Å². The summed E-state index contributed by atoms with van der Waals surface area (Å²) in [5.74, 6) is -0.299. The Bertz CT molecular complexity index is 514. The largest absolute Gasteiger partial charge is 0.297 e. The van der Waals surface area contributed by atoms with Crippen molar-refractivity contribution in [1.82, 2.24) is 4.90 Å². The summed E-state index contributed by atoms with van der Waals surface area (Å²) in [6.07, 6.45) is 4.58. The maximum absolute atomic E-state index is 13.5. The lowest BCUT2D eigenvalue weighted by molar-refractivity contribution is -0.130. The average molecular weight is 312 g/mol. The molecule has 0 radical (unpaired) electrons. The van der Waals surface area contributed by atoms with Crippen LogP contribution in [0.1, 0.15) is 45.1 Å². The fraction of sp³-hybridized carbons (Fsp3) is 0.588. The number of hydrogen-bond acceptors (Lipinski definition) is 2. The van der Waals surface area contributed by atoms with E-state index in [9.17, 15) is 9.18 Å². The topological polar surface area (TPSA) is 20.3 Å². The molecule has 1 atom stereocenters. The number of carbonyl (C=O) groups is 1. The fourth-order valence-electron chi connectivity index (χ4n) is 3.01. The van der Waals surface area contributed by atoms with Crippen molar-refractivity contribution in [2.75, 3.05) is 13.1 Å². The van der Waals surface area contributed by atoms with E-state index in [0.29, 0.717) is 5.56 Å². The number of halogens is 2. The lowest BCUT2D eigenvalue weighted by Crippen LogP contribution is -2.54. The molecule has 0 spiro atoms. The molecule has 0 saturated carbocycles. The molecular formula is C17H23ClFNO.